The molecule has 1 amide bonds. The number of carbonyl (C=O) groups is 1. The third kappa shape index (κ3) is 6.48. The van der Waals surface area contributed by atoms with E-state index in [9.17, 15) is 9.18 Å². The first-order chi connectivity index (χ1) is 14.1. The minimum Gasteiger partial charge on any atom is -0.484 e. The summed E-state index contributed by atoms with van der Waals surface area (Å²) in [6.45, 7) is 3.35. The van der Waals surface area contributed by atoms with E-state index in [2.05, 4.69) is 20.1 Å². The van der Waals surface area contributed by atoms with Crippen LogP contribution in [0.1, 0.15) is 5.56 Å². The van der Waals surface area contributed by atoms with Crippen molar-refractivity contribution in [1.82, 2.24) is 10.2 Å². The van der Waals surface area contributed by atoms with Crippen molar-refractivity contribution in [2.45, 2.75) is 6.54 Å². The van der Waals surface area contributed by atoms with Crippen LogP contribution in [0, 0.1) is 5.82 Å². The second-order valence-corrected chi connectivity index (χ2v) is 6.73. The Morgan fingerprint density at radius 3 is 2.57 bits per heavy atom. The quantitative estimate of drug-likeness (QED) is 0.342. The van der Waals surface area contributed by atoms with E-state index in [-0.39, 0.29) is 36.4 Å². The van der Waals surface area contributed by atoms with Crippen LogP contribution in [0.4, 0.5) is 10.1 Å². The van der Waals surface area contributed by atoms with Crippen molar-refractivity contribution in [3.8, 4) is 5.75 Å². The van der Waals surface area contributed by atoms with Gasteiger partial charge in [0.1, 0.15) is 11.6 Å². The number of carbonyl (C=O) groups excluding carboxylic acids is 1. The maximum atomic E-state index is 14.0. The van der Waals surface area contributed by atoms with E-state index in [0.29, 0.717) is 18.0 Å². The second kappa shape index (κ2) is 11.6. The predicted molar refractivity (Wildman–Crippen MR) is 127 cm³/mol. The normalized spacial score (nSPS) is 14.1. The van der Waals surface area contributed by atoms with Gasteiger partial charge in [0, 0.05) is 39.8 Å². The van der Waals surface area contributed by atoms with E-state index in [1.54, 1.807) is 19.2 Å². The van der Waals surface area contributed by atoms with Gasteiger partial charge >= 0.3 is 0 Å². The zero-order valence-electron chi connectivity index (χ0n) is 16.9. The van der Waals surface area contributed by atoms with Crippen LogP contribution in [0.3, 0.4) is 0 Å². The summed E-state index contributed by atoms with van der Waals surface area (Å²) >= 11 is 0. The van der Waals surface area contributed by atoms with Crippen molar-refractivity contribution < 1.29 is 13.9 Å². The maximum absolute atomic E-state index is 14.0. The van der Waals surface area contributed by atoms with Crippen LogP contribution in [0.25, 0.3) is 0 Å². The molecule has 0 bridgehead atoms. The molecule has 0 unspecified atom stereocenters. The summed E-state index contributed by atoms with van der Waals surface area (Å²) in [7, 11) is 1.75. The summed E-state index contributed by atoms with van der Waals surface area (Å²) in [5, 5.41) is 3.35. The number of halogens is 2. The van der Waals surface area contributed by atoms with Crippen LogP contribution < -0.4 is 20.7 Å². The lowest BCUT2D eigenvalue weighted by Crippen LogP contribution is -2.52. The molecular formula is C21H27FIN5O2. The Kier molecular flexibility index (Phi) is 9.15. The van der Waals surface area contributed by atoms with Gasteiger partial charge in [-0.3, -0.25) is 9.79 Å². The highest BCUT2D eigenvalue weighted by Crippen LogP contribution is 2.20. The number of primary amides is 1. The number of nitrogens with two attached hydrogens (primary N) is 1. The zero-order chi connectivity index (χ0) is 20.6. The lowest BCUT2D eigenvalue weighted by atomic mass is 10.2. The van der Waals surface area contributed by atoms with E-state index in [1.165, 1.54) is 6.07 Å². The van der Waals surface area contributed by atoms with Gasteiger partial charge in [-0.2, -0.15) is 0 Å². The smallest absolute Gasteiger partial charge is 0.255 e. The number of amides is 1. The molecule has 1 fully saturated rings. The molecule has 162 valence electrons. The first-order valence-corrected chi connectivity index (χ1v) is 9.52. The predicted octanol–water partition coefficient (Wildman–Crippen LogP) is 2.21. The Balaban J connectivity index is 0.00000320. The fraction of sp³-hybridized carbons (Fsp3) is 0.333. The Labute approximate surface area is 193 Å². The second-order valence-electron chi connectivity index (χ2n) is 6.73. The maximum Gasteiger partial charge on any atom is 0.255 e. The largest absolute Gasteiger partial charge is 0.484 e. The van der Waals surface area contributed by atoms with E-state index < -0.39 is 5.91 Å². The summed E-state index contributed by atoms with van der Waals surface area (Å²) < 4.78 is 19.4. The van der Waals surface area contributed by atoms with Gasteiger partial charge in [-0.05, 0) is 29.8 Å². The highest BCUT2D eigenvalue weighted by Gasteiger charge is 2.21. The van der Waals surface area contributed by atoms with Gasteiger partial charge in [-0.25, -0.2) is 4.39 Å². The number of nitrogens with zero attached hydrogens (tertiary/aromatic N) is 3. The van der Waals surface area contributed by atoms with E-state index in [4.69, 9.17) is 10.5 Å². The Morgan fingerprint density at radius 2 is 1.90 bits per heavy atom. The number of ether oxygens (including phenoxy) is 1. The number of hydrogen-bond acceptors (Lipinski definition) is 4. The average Bonchev–Trinajstić information content (AvgIpc) is 2.74. The zero-order valence-corrected chi connectivity index (χ0v) is 19.2. The monoisotopic (exact) mass is 527 g/mol. The van der Waals surface area contributed by atoms with Crippen LogP contribution in [0.2, 0.25) is 0 Å². The molecule has 1 saturated heterocycles. The molecule has 9 heteroatoms. The van der Waals surface area contributed by atoms with E-state index >= 15 is 0 Å². The molecule has 1 heterocycles. The molecule has 0 aromatic heterocycles. The van der Waals surface area contributed by atoms with Gasteiger partial charge in [-0.15, -0.1) is 24.0 Å². The number of rotatable bonds is 6. The van der Waals surface area contributed by atoms with Crippen molar-refractivity contribution in [2.75, 3.05) is 44.7 Å². The molecule has 0 saturated carbocycles. The average molecular weight is 527 g/mol. The van der Waals surface area contributed by atoms with Crippen molar-refractivity contribution in [3.05, 3.63) is 59.9 Å². The standard InChI is InChI=1S/C21H26FN5O2.HI/c1-24-21(25-14-16-5-4-6-17(13-16)29-15-20(23)28)27-11-9-26(10-12-27)19-8-3-2-7-18(19)22;/h2-8,13H,9-12,14-15H2,1H3,(H2,23,28)(H,24,25);1H. The van der Waals surface area contributed by atoms with E-state index in [1.807, 2.05) is 30.3 Å². The first-order valence-electron chi connectivity index (χ1n) is 9.52. The topological polar surface area (TPSA) is 83.2 Å². The molecule has 1 aliphatic heterocycles. The summed E-state index contributed by atoms with van der Waals surface area (Å²) in [6, 6.07) is 14.3. The number of anilines is 1. The molecule has 0 radical (unpaired) electrons. The summed E-state index contributed by atoms with van der Waals surface area (Å²) in [5.74, 6) is 0.684. The summed E-state index contributed by atoms with van der Waals surface area (Å²) in [5.41, 5.74) is 6.75. The summed E-state index contributed by atoms with van der Waals surface area (Å²) in [4.78, 5) is 19.4. The van der Waals surface area contributed by atoms with Gasteiger partial charge in [0.05, 0.1) is 5.69 Å². The highest BCUT2D eigenvalue weighted by molar-refractivity contribution is 14.0. The van der Waals surface area contributed by atoms with Crippen molar-refractivity contribution in [2.24, 2.45) is 10.7 Å². The van der Waals surface area contributed by atoms with Crippen LogP contribution >= 0.6 is 24.0 Å². The molecule has 2 aromatic rings. The molecule has 30 heavy (non-hydrogen) atoms. The fourth-order valence-corrected chi connectivity index (χ4v) is 3.28. The van der Waals surface area contributed by atoms with Crippen molar-refractivity contribution >= 4 is 41.5 Å². The number of piperazine rings is 1. The van der Waals surface area contributed by atoms with Gasteiger partial charge in [-0.1, -0.05) is 24.3 Å². The van der Waals surface area contributed by atoms with Crippen LogP contribution in [-0.2, 0) is 11.3 Å². The molecule has 3 rings (SSSR count). The molecule has 0 atom stereocenters. The Hall–Kier alpha value is -2.56. The Morgan fingerprint density at radius 1 is 1.17 bits per heavy atom. The number of hydrogen-bond donors (Lipinski definition) is 2. The van der Waals surface area contributed by atoms with Crippen molar-refractivity contribution in [1.29, 1.82) is 0 Å². The number of para-hydroxylation sites is 1. The first kappa shape index (κ1) is 23.7. The Bertz CT molecular complexity index is 872. The van der Waals surface area contributed by atoms with Crippen LogP contribution in [0.15, 0.2) is 53.5 Å². The highest BCUT2D eigenvalue weighted by atomic mass is 127. The lowest BCUT2D eigenvalue weighted by molar-refractivity contribution is -0.119. The fourth-order valence-electron chi connectivity index (χ4n) is 3.28. The number of guanidine groups is 1. The van der Waals surface area contributed by atoms with Crippen molar-refractivity contribution in [3.63, 3.8) is 0 Å². The minimum absolute atomic E-state index is 0. The number of benzene rings is 2. The molecular weight excluding hydrogens is 500 g/mol. The minimum atomic E-state index is -0.511. The third-order valence-corrected chi connectivity index (χ3v) is 4.71. The molecule has 7 nitrogen and oxygen atoms in total. The molecule has 2 aromatic carbocycles. The molecule has 3 N–H and O–H groups in total. The van der Waals surface area contributed by atoms with Gasteiger partial charge in [0.25, 0.3) is 5.91 Å². The molecule has 0 spiro atoms. The van der Waals surface area contributed by atoms with Gasteiger partial charge in [0.15, 0.2) is 12.6 Å². The number of nitrogens with one attached hydrogen (secondary N) is 1. The third-order valence-electron chi connectivity index (χ3n) is 4.71. The SMILES string of the molecule is CN=C(NCc1cccc(OCC(N)=O)c1)N1CCN(c2ccccc2F)CC1.I. The van der Waals surface area contributed by atoms with Crippen LogP contribution in [0.5, 0.6) is 5.75 Å². The lowest BCUT2D eigenvalue weighted by Gasteiger charge is -2.37. The number of aliphatic imine (C=N–C) groups is 1. The van der Waals surface area contributed by atoms with Gasteiger partial charge in [0.2, 0.25) is 0 Å². The molecule has 0 aliphatic carbocycles. The van der Waals surface area contributed by atoms with Gasteiger partial charge < -0.3 is 25.6 Å². The molecule has 1 aliphatic rings. The van der Waals surface area contributed by atoms with Crippen LogP contribution in [-0.4, -0.2) is 56.6 Å². The summed E-state index contributed by atoms with van der Waals surface area (Å²) in [6.07, 6.45) is 0. The van der Waals surface area contributed by atoms with E-state index in [0.717, 1.165) is 37.7 Å².